The summed E-state index contributed by atoms with van der Waals surface area (Å²) in [4.78, 5) is 14.8. The van der Waals surface area contributed by atoms with Crippen LogP contribution in [0.3, 0.4) is 0 Å². The normalized spacial score (nSPS) is 17.6. The van der Waals surface area contributed by atoms with E-state index < -0.39 is 0 Å². The average molecular weight is 355 g/mol. The first-order chi connectivity index (χ1) is 9.70. The van der Waals surface area contributed by atoms with E-state index in [0.29, 0.717) is 17.4 Å². The lowest BCUT2D eigenvalue weighted by atomic mass is 9.75. The van der Waals surface area contributed by atoms with Gasteiger partial charge in [0.15, 0.2) is 0 Å². The zero-order chi connectivity index (χ0) is 15.8. The Morgan fingerprint density at radius 1 is 1.29 bits per heavy atom. The van der Waals surface area contributed by atoms with Crippen molar-refractivity contribution in [3.63, 3.8) is 0 Å². The Hall–Kier alpha value is -0.770. The third-order valence-electron chi connectivity index (χ3n) is 4.60. The molecule has 1 saturated heterocycles. The first-order valence-electron chi connectivity index (χ1n) is 7.87. The lowest BCUT2D eigenvalue weighted by Crippen LogP contribution is -2.42. The highest BCUT2D eigenvalue weighted by atomic mass is 79.9. The summed E-state index contributed by atoms with van der Waals surface area (Å²) in [6.45, 7) is 12.9. The van der Waals surface area contributed by atoms with Crippen LogP contribution >= 0.6 is 15.9 Å². The number of hydrogen-bond donors (Lipinski definition) is 0. The number of piperidine rings is 1. The van der Waals surface area contributed by atoms with Gasteiger partial charge >= 0.3 is 0 Å². The summed E-state index contributed by atoms with van der Waals surface area (Å²) in [6.07, 6.45) is 4.22. The maximum atomic E-state index is 12.8. The maximum Gasteiger partial charge on any atom is 0.270 e. The van der Waals surface area contributed by atoms with Gasteiger partial charge in [-0.1, -0.05) is 20.8 Å². The Morgan fingerprint density at radius 3 is 2.33 bits per heavy atom. The van der Waals surface area contributed by atoms with Crippen molar-refractivity contribution in [3.8, 4) is 0 Å². The summed E-state index contributed by atoms with van der Waals surface area (Å²) >= 11 is 3.49. The molecule has 0 saturated carbocycles. The summed E-state index contributed by atoms with van der Waals surface area (Å²) in [7, 11) is 0. The highest BCUT2D eigenvalue weighted by Gasteiger charge is 2.31. The van der Waals surface area contributed by atoms with Crippen molar-refractivity contribution >= 4 is 21.8 Å². The number of nitrogens with zero attached hydrogens (tertiary/aromatic N) is 2. The molecule has 2 heterocycles. The van der Waals surface area contributed by atoms with E-state index in [1.54, 1.807) is 0 Å². The van der Waals surface area contributed by atoms with Crippen LogP contribution < -0.4 is 0 Å². The van der Waals surface area contributed by atoms with Crippen LogP contribution in [-0.2, 0) is 0 Å². The molecule has 1 aliphatic heterocycles. The molecule has 2 rings (SSSR count). The molecule has 3 nitrogen and oxygen atoms in total. The Bertz CT molecular complexity index is 505. The number of halogens is 1. The van der Waals surface area contributed by atoms with Gasteiger partial charge in [0.05, 0.1) is 0 Å². The lowest BCUT2D eigenvalue weighted by Gasteiger charge is -2.38. The van der Waals surface area contributed by atoms with Crippen molar-refractivity contribution < 1.29 is 4.79 Å². The fourth-order valence-electron chi connectivity index (χ4n) is 3.15. The number of aromatic nitrogens is 1. The van der Waals surface area contributed by atoms with Gasteiger partial charge in [-0.25, -0.2) is 0 Å². The molecule has 1 aliphatic rings. The van der Waals surface area contributed by atoms with E-state index in [2.05, 4.69) is 55.1 Å². The smallest absolute Gasteiger partial charge is 0.270 e. The monoisotopic (exact) mass is 354 g/mol. The second-order valence-corrected chi connectivity index (χ2v) is 8.39. The molecule has 0 aromatic carbocycles. The average Bonchev–Trinajstić information content (AvgIpc) is 2.79. The number of amides is 1. The van der Waals surface area contributed by atoms with Crippen molar-refractivity contribution in [2.45, 2.75) is 53.5 Å². The Kier molecular flexibility index (Phi) is 4.86. The summed E-state index contributed by atoms with van der Waals surface area (Å²) in [6, 6.07) is 2.24. The van der Waals surface area contributed by atoms with Gasteiger partial charge in [0, 0.05) is 29.8 Å². The van der Waals surface area contributed by atoms with Crippen LogP contribution in [-0.4, -0.2) is 28.5 Å². The minimum absolute atomic E-state index is 0.168. The molecule has 0 unspecified atom stereocenters. The summed E-state index contributed by atoms with van der Waals surface area (Å²) < 4.78 is 3.03. The van der Waals surface area contributed by atoms with Gasteiger partial charge in [-0.2, -0.15) is 0 Å². The van der Waals surface area contributed by atoms with Crippen LogP contribution in [0.1, 0.15) is 64.0 Å². The second kappa shape index (κ2) is 6.15. The van der Waals surface area contributed by atoms with Crippen molar-refractivity contribution in [3.05, 3.63) is 22.4 Å². The molecule has 4 heteroatoms. The molecular weight excluding hydrogens is 328 g/mol. The topological polar surface area (TPSA) is 25.2 Å². The predicted octanol–water partition coefficient (Wildman–Crippen LogP) is 4.73. The van der Waals surface area contributed by atoms with Crippen molar-refractivity contribution in [1.29, 1.82) is 0 Å². The minimum atomic E-state index is 0.168. The minimum Gasteiger partial charge on any atom is -0.340 e. The first-order valence-corrected chi connectivity index (χ1v) is 8.66. The van der Waals surface area contributed by atoms with Crippen molar-refractivity contribution in [2.24, 2.45) is 11.3 Å². The Morgan fingerprint density at radius 2 is 1.86 bits per heavy atom. The maximum absolute atomic E-state index is 12.8. The highest BCUT2D eigenvalue weighted by molar-refractivity contribution is 9.10. The van der Waals surface area contributed by atoms with E-state index in [1.165, 1.54) is 0 Å². The van der Waals surface area contributed by atoms with Crippen molar-refractivity contribution in [2.75, 3.05) is 13.1 Å². The van der Waals surface area contributed by atoms with Crippen LogP contribution in [0.2, 0.25) is 0 Å². The first kappa shape index (κ1) is 16.6. The second-order valence-electron chi connectivity index (χ2n) is 7.48. The molecule has 118 valence electrons. The lowest BCUT2D eigenvalue weighted by molar-refractivity contribution is 0.0597. The number of rotatable bonds is 2. The van der Waals surface area contributed by atoms with Crippen LogP contribution in [0.15, 0.2) is 16.7 Å². The molecule has 1 aromatic rings. The van der Waals surface area contributed by atoms with E-state index in [-0.39, 0.29) is 5.91 Å². The van der Waals surface area contributed by atoms with E-state index in [1.807, 2.05) is 17.2 Å². The third-order valence-corrected chi connectivity index (χ3v) is 5.03. The molecular formula is C17H27BrN2O. The largest absolute Gasteiger partial charge is 0.340 e. The SMILES string of the molecule is CC(C)n1cc(Br)cc1C(=O)N1CCC(C(C)(C)C)CC1. The van der Waals surface area contributed by atoms with Gasteiger partial charge in [-0.15, -0.1) is 0 Å². The van der Waals surface area contributed by atoms with Crippen molar-refractivity contribution in [1.82, 2.24) is 9.47 Å². The molecule has 0 atom stereocenters. The van der Waals surface area contributed by atoms with Crippen LogP contribution in [0.5, 0.6) is 0 Å². The van der Waals surface area contributed by atoms with Gasteiger partial charge in [0.1, 0.15) is 5.69 Å². The van der Waals surface area contributed by atoms with Gasteiger partial charge in [-0.3, -0.25) is 4.79 Å². The molecule has 0 aliphatic carbocycles. The summed E-state index contributed by atoms with van der Waals surface area (Å²) in [5, 5.41) is 0. The van der Waals surface area contributed by atoms with Gasteiger partial charge in [0.25, 0.3) is 5.91 Å². The van der Waals surface area contributed by atoms with Crippen LogP contribution in [0, 0.1) is 11.3 Å². The van der Waals surface area contributed by atoms with Gasteiger partial charge in [0.2, 0.25) is 0 Å². The van der Waals surface area contributed by atoms with E-state index in [0.717, 1.165) is 36.1 Å². The number of carbonyl (C=O) groups is 1. The molecule has 1 fully saturated rings. The fourth-order valence-corrected chi connectivity index (χ4v) is 3.59. The number of likely N-dealkylation sites (tertiary alicyclic amines) is 1. The number of hydrogen-bond acceptors (Lipinski definition) is 1. The van der Waals surface area contributed by atoms with E-state index in [4.69, 9.17) is 0 Å². The van der Waals surface area contributed by atoms with E-state index in [9.17, 15) is 4.79 Å². The summed E-state index contributed by atoms with van der Waals surface area (Å²) in [5.74, 6) is 0.881. The molecule has 0 radical (unpaired) electrons. The predicted molar refractivity (Wildman–Crippen MR) is 90.6 cm³/mol. The van der Waals surface area contributed by atoms with Gasteiger partial charge < -0.3 is 9.47 Å². The highest BCUT2D eigenvalue weighted by Crippen LogP contribution is 2.34. The molecule has 0 N–H and O–H groups in total. The zero-order valence-electron chi connectivity index (χ0n) is 13.8. The van der Waals surface area contributed by atoms with Crippen LogP contribution in [0.4, 0.5) is 0 Å². The fraction of sp³-hybridized carbons (Fsp3) is 0.706. The Balaban J connectivity index is 2.09. The molecule has 21 heavy (non-hydrogen) atoms. The quantitative estimate of drug-likeness (QED) is 0.753. The zero-order valence-corrected chi connectivity index (χ0v) is 15.4. The standard InChI is InChI=1S/C17H27BrN2O/c1-12(2)20-11-14(18)10-15(20)16(21)19-8-6-13(7-9-19)17(3,4)5/h10-13H,6-9H2,1-5H3. The van der Waals surface area contributed by atoms with Gasteiger partial charge in [-0.05, 0) is 60.0 Å². The third kappa shape index (κ3) is 3.71. The van der Waals surface area contributed by atoms with Crippen LogP contribution in [0.25, 0.3) is 0 Å². The Labute approximate surface area is 136 Å². The molecule has 1 aromatic heterocycles. The number of carbonyl (C=O) groups excluding carboxylic acids is 1. The van der Waals surface area contributed by atoms with E-state index >= 15 is 0 Å². The molecule has 1 amide bonds. The summed E-state index contributed by atoms with van der Waals surface area (Å²) in [5.41, 5.74) is 1.14. The molecule has 0 bridgehead atoms. The molecule has 0 spiro atoms.